The molecular weight excluding hydrogens is 420 g/mol. The largest absolute Gasteiger partial charge is 1.00 e. The number of aryl methyl sites for hydroxylation is 1. The van der Waals surface area contributed by atoms with Crippen molar-refractivity contribution in [3.8, 4) is 11.1 Å². The molecule has 0 atom stereocenters. The first-order valence-electron chi connectivity index (χ1n) is 7.02. The van der Waals surface area contributed by atoms with Crippen LogP contribution in [0.5, 0.6) is 0 Å². The molecule has 118 valence electrons. The molecule has 0 bridgehead atoms. The van der Waals surface area contributed by atoms with Crippen molar-refractivity contribution in [2.24, 2.45) is 7.05 Å². The summed E-state index contributed by atoms with van der Waals surface area (Å²) in [6, 6.07) is 15.9. The normalized spacial score (nSPS) is 10.2. The number of Topliss-reactive ketones (excluding diaryl/α,β-unsaturated/α-hetero) is 1. The molecule has 0 aliphatic carbocycles. The van der Waals surface area contributed by atoms with Gasteiger partial charge < -0.3 is 17.0 Å². The van der Waals surface area contributed by atoms with Gasteiger partial charge in [0.15, 0.2) is 6.54 Å². The average molecular weight is 436 g/mol. The molecule has 0 radical (unpaired) electrons. The Hall–Kier alpha value is -1.72. The molecule has 0 unspecified atom stereocenters. The standard InChI is InChI=1S/C18H16BrN2O.BrH/c1-20-10-11-21(13-20)12-18(22)16-4-2-14(3-5-16)15-6-8-17(19)9-7-15;/h2-11,13H,12H2,1H3;1H/q+1;/p-1. The Bertz CT molecular complexity index is 793. The van der Waals surface area contributed by atoms with E-state index in [2.05, 4.69) is 28.1 Å². The number of nitrogens with zero attached hydrogens (tertiary/aromatic N) is 2. The summed E-state index contributed by atoms with van der Waals surface area (Å²) in [7, 11) is 1.94. The van der Waals surface area contributed by atoms with E-state index < -0.39 is 0 Å². The molecule has 0 saturated carbocycles. The third kappa shape index (κ3) is 4.39. The first-order valence-corrected chi connectivity index (χ1v) is 7.81. The van der Waals surface area contributed by atoms with E-state index in [4.69, 9.17) is 0 Å². The van der Waals surface area contributed by atoms with Gasteiger partial charge in [0.2, 0.25) is 12.1 Å². The summed E-state index contributed by atoms with van der Waals surface area (Å²) < 4.78 is 4.86. The molecule has 3 rings (SSSR count). The van der Waals surface area contributed by atoms with Crippen molar-refractivity contribution in [1.82, 2.24) is 4.57 Å². The summed E-state index contributed by atoms with van der Waals surface area (Å²) in [5, 5.41) is 0. The lowest BCUT2D eigenvalue weighted by atomic mass is 10.0. The van der Waals surface area contributed by atoms with Crippen molar-refractivity contribution in [2.45, 2.75) is 6.54 Å². The van der Waals surface area contributed by atoms with Gasteiger partial charge in [0.05, 0.1) is 7.05 Å². The summed E-state index contributed by atoms with van der Waals surface area (Å²) in [5.41, 5.74) is 2.98. The molecule has 5 heteroatoms. The zero-order valence-electron chi connectivity index (χ0n) is 12.6. The lowest BCUT2D eigenvalue weighted by Crippen LogP contribution is -3.00. The molecule has 0 saturated heterocycles. The van der Waals surface area contributed by atoms with Gasteiger partial charge in [-0.2, -0.15) is 0 Å². The van der Waals surface area contributed by atoms with Gasteiger partial charge in [0.25, 0.3) is 0 Å². The van der Waals surface area contributed by atoms with Crippen molar-refractivity contribution >= 4 is 21.7 Å². The van der Waals surface area contributed by atoms with Gasteiger partial charge in [-0.05, 0) is 23.3 Å². The average Bonchev–Trinajstić information content (AvgIpc) is 2.93. The van der Waals surface area contributed by atoms with Crippen LogP contribution in [0.4, 0.5) is 0 Å². The zero-order valence-corrected chi connectivity index (χ0v) is 15.8. The Balaban J connectivity index is 0.00000192. The van der Waals surface area contributed by atoms with Gasteiger partial charge in [-0.3, -0.25) is 4.79 Å². The fraction of sp³-hybridized carbons (Fsp3) is 0.111. The highest BCUT2D eigenvalue weighted by molar-refractivity contribution is 9.10. The second-order valence-corrected chi connectivity index (χ2v) is 6.17. The number of hydrogen-bond acceptors (Lipinski definition) is 1. The van der Waals surface area contributed by atoms with Crippen molar-refractivity contribution < 1.29 is 26.3 Å². The minimum absolute atomic E-state index is 0. The van der Waals surface area contributed by atoms with Crippen LogP contribution in [-0.4, -0.2) is 10.4 Å². The summed E-state index contributed by atoms with van der Waals surface area (Å²) in [5.74, 6) is 0.110. The van der Waals surface area contributed by atoms with E-state index in [-0.39, 0.29) is 22.8 Å². The third-order valence-corrected chi connectivity index (χ3v) is 4.06. The lowest BCUT2D eigenvalue weighted by molar-refractivity contribution is -0.671. The molecule has 0 aliphatic heterocycles. The van der Waals surface area contributed by atoms with E-state index in [1.807, 2.05) is 71.3 Å². The Kier molecular flexibility index (Phi) is 5.91. The van der Waals surface area contributed by atoms with Crippen LogP contribution in [0.1, 0.15) is 10.4 Å². The van der Waals surface area contributed by atoms with E-state index in [9.17, 15) is 4.79 Å². The quantitative estimate of drug-likeness (QED) is 0.436. The van der Waals surface area contributed by atoms with Crippen LogP contribution >= 0.6 is 15.9 Å². The van der Waals surface area contributed by atoms with Crippen LogP contribution in [0.3, 0.4) is 0 Å². The van der Waals surface area contributed by atoms with Crippen molar-refractivity contribution in [1.29, 1.82) is 0 Å². The van der Waals surface area contributed by atoms with E-state index in [0.717, 1.165) is 21.2 Å². The van der Waals surface area contributed by atoms with Gasteiger partial charge in [0, 0.05) is 10.0 Å². The first kappa shape index (κ1) is 17.6. The van der Waals surface area contributed by atoms with Gasteiger partial charge in [-0.25, -0.2) is 9.13 Å². The number of ketones is 1. The molecular formula is C18H16Br2N2O. The van der Waals surface area contributed by atoms with Crippen LogP contribution in [0.15, 0.2) is 71.7 Å². The molecule has 0 spiro atoms. The predicted octanol–water partition coefficient (Wildman–Crippen LogP) is 0.629. The molecule has 0 aliphatic rings. The summed E-state index contributed by atoms with van der Waals surface area (Å²) >= 11 is 3.43. The maximum Gasteiger partial charge on any atom is 0.243 e. The number of rotatable bonds is 4. The molecule has 2 aromatic carbocycles. The molecule has 1 aromatic heterocycles. The van der Waals surface area contributed by atoms with Crippen LogP contribution in [-0.2, 0) is 13.6 Å². The smallest absolute Gasteiger partial charge is 0.243 e. The maximum absolute atomic E-state index is 12.3. The highest BCUT2D eigenvalue weighted by atomic mass is 79.9. The van der Waals surface area contributed by atoms with Gasteiger partial charge in [0.1, 0.15) is 12.4 Å². The maximum atomic E-state index is 12.3. The molecule has 0 N–H and O–H groups in total. The van der Waals surface area contributed by atoms with Crippen LogP contribution in [0.25, 0.3) is 11.1 Å². The Morgan fingerprint density at radius 1 is 1.04 bits per heavy atom. The molecule has 3 nitrogen and oxygen atoms in total. The second kappa shape index (κ2) is 7.70. The number of benzene rings is 2. The highest BCUT2D eigenvalue weighted by Gasteiger charge is 2.10. The minimum Gasteiger partial charge on any atom is -1.00 e. The number of carbonyl (C=O) groups excluding carboxylic acids is 1. The minimum atomic E-state index is 0. The number of hydrogen-bond donors (Lipinski definition) is 0. The van der Waals surface area contributed by atoms with Crippen molar-refractivity contribution in [3.05, 3.63) is 77.3 Å². The zero-order chi connectivity index (χ0) is 15.5. The number of carbonyl (C=O) groups is 1. The van der Waals surface area contributed by atoms with E-state index in [1.165, 1.54) is 0 Å². The highest BCUT2D eigenvalue weighted by Crippen LogP contribution is 2.22. The van der Waals surface area contributed by atoms with E-state index in [1.54, 1.807) is 0 Å². The van der Waals surface area contributed by atoms with Gasteiger partial charge in [-0.15, -0.1) is 0 Å². The number of halogens is 2. The molecule has 0 fully saturated rings. The summed E-state index contributed by atoms with van der Waals surface area (Å²) in [6.45, 7) is 0.360. The topological polar surface area (TPSA) is 25.9 Å². The van der Waals surface area contributed by atoms with Crippen LogP contribution in [0.2, 0.25) is 0 Å². The predicted molar refractivity (Wildman–Crippen MR) is 89.5 cm³/mol. The second-order valence-electron chi connectivity index (χ2n) is 5.26. The lowest BCUT2D eigenvalue weighted by Gasteiger charge is -2.04. The first-order chi connectivity index (χ1) is 10.6. The summed E-state index contributed by atoms with van der Waals surface area (Å²) in [4.78, 5) is 12.3. The SMILES string of the molecule is C[n+]1ccn(CC(=O)c2ccc(-c3ccc(Br)cc3)cc2)c1.[Br-]. The number of aromatic nitrogens is 2. The monoisotopic (exact) mass is 434 g/mol. The Labute approximate surface area is 154 Å². The van der Waals surface area contributed by atoms with Crippen molar-refractivity contribution in [3.63, 3.8) is 0 Å². The molecule has 3 aromatic rings. The molecule has 23 heavy (non-hydrogen) atoms. The summed E-state index contributed by atoms with van der Waals surface area (Å²) in [6.07, 6.45) is 5.71. The Morgan fingerprint density at radius 2 is 1.61 bits per heavy atom. The molecule has 1 heterocycles. The van der Waals surface area contributed by atoms with Crippen molar-refractivity contribution in [2.75, 3.05) is 0 Å². The van der Waals surface area contributed by atoms with Crippen LogP contribution < -0.4 is 21.5 Å². The molecule has 0 amide bonds. The van der Waals surface area contributed by atoms with E-state index >= 15 is 0 Å². The van der Waals surface area contributed by atoms with E-state index in [0.29, 0.717) is 6.54 Å². The van der Waals surface area contributed by atoms with Gasteiger partial charge in [-0.1, -0.05) is 52.3 Å². The Morgan fingerprint density at radius 3 is 2.13 bits per heavy atom. The number of imidazole rings is 1. The fourth-order valence-corrected chi connectivity index (χ4v) is 2.61. The van der Waals surface area contributed by atoms with Gasteiger partial charge >= 0.3 is 0 Å². The van der Waals surface area contributed by atoms with Crippen LogP contribution in [0, 0.1) is 0 Å². The third-order valence-electron chi connectivity index (χ3n) is 3.53. The fourth-order valence-electron chi connectivity index (χ4n) is 2.34.